The van der Waals surface area contributed by atoms with Crippen LogP contribution >= 0.6 is 0 Å². The van der Waals surface area contributed by atoms with Gasteiger partial charge in [-0.2, -0.15) is 0 Å². The fourth-order valence-corrected chi connectivity index (χ4v) is 2.46. The van der Waals surface area contributed by atoms with E-state index in [1.165, 1.54) is 0 Å². The summed E-state index contributed by atoms with van der Waals surface area (Å²) in [5.74, 6) is 1.08. The highest BCUT2D eigenvalue weighted by atomic mass is 16.2. The van der Waals surface area contributed by atoms with Gasteiger partial charge in [-0.15, -0.1) is 0 Å². The number of rotatable bonds is 5. The van der Waals surface area contributed by atoms with Gasteiger partial charge in [0.05, 0.1) is 6.04 Å². The van der Waals surface area contributed by atoms with E-state index in [-0.39, 0.29) is 23.9 Å². The minimum absolute atomic E-state index is 0.0598. The third-order valence-corrected chi connectivity index (χ3v) is 3.66. The van der Waals surface area contributed by atoms with Crippen molar-refractivity contribution >= 4 is 5.91 Å². The van der Waals surface area contributed by atoms with Crippen LogP contribution in [0.25, 0.3) is 0 Å². The summed E-state index contributed by atoms with van der Waals surface area (Å²) in [6, 6.07) is 3.91. The van der Waals surface area contributed by atoms with Gasteiger partial charge < -0.3 is 14.5 Å². The van der Waals surface area contributed by atoms with Gasteiger partial charge in [0.25, 0.3) is 5.91 Å². The molecule has 1 amide bonds. The summed E-state index contributed by atoms with van der Waals surface area (Å²) in [5, 5.41) is 3.11. The molecule has 0 radical (unpaired) electrons. The molecule has 0 unspecified atom stereocenters. The second kappa shape index (κ2) is 6.16. The minimum Gasteiger partial charge on any atom is -0.341 e. The van der Waals surface area contributed by atoms with Gasteiger partial charge in [0.15, 0.2) is 0 Å². The number of carbonyl (C=O) groups is 1. The van der Waals surface area contributed by atoms with Crippen molar-refractivity contribution in [2.24, 2.45) is 13.0 Å². The third-order valence-electron chi connectivity index (χ3n) is 3.66. The molecule has 1 N–H and O–H groups in total. The lowest BCUT2D eigenvalue weighted by atomic mass is 10.0. The zero-order valence-electron chi connectivity index (χ0n) is 13.4. The quantitative estimate of drug-likeness (QED) is 0.919. The van der Waals surface area contributed by atoms with Crippen LogP contribution in [0.4, 0.5) is 0 Å². The number of nitrogens with zero attached hydrogens (tertiary/aromatic N) is 3. The van der Waals surface area contributed by atoms with Crippen molar-refractivity contribution in [2.75, 3.05) is 0 Å². The van der Waals surface area contributed by atoms with Crippen LogP contribution < -0.4 is 5.32 Å². The van der Waals surface area contributed by atoms with Gasteiger partial charge in [-0.05, 0) is 31.9 Å². The first-order chi connectivity index (χ1) is 9.91. The summed E-state index contributed by atoms with van der Waals surface area (Å²) in [5.41, 5.74) is 0.685. The molecule has 2 aromatic rings. The maximum atomic E-state index is 12.6. The number of aryl methyl sites for hydroxylation is 1. The molecule has 2 aromatic heterocycles. The van der Waals surface area contributed by atoms with Crippen LogP contribution in [-0.2, 0) is 7.05 Å². The maximum absolute atomic E-state index is 12.6. The van der Waals surface area contributed by atoms with Crippen LogP contribution in [0.2, 0.25) is 0 Å². The predicted octanol–water partition coefficient (Wildman–Crippen LogP) is 2.93. The maximum Gasteiger partial charge on any atom is 0.268 e. The van der Waals surface area contributed by atoms with Crippen LogP contribution in [-0.4, -0.2) is 20.0 Å². The summed E-state index contributed by atoms with van der Waals surface area (Å²) < 4.78 is 3.93. The Morgan fingerprint density at radius 3 is 2.48 bits per heavy atom. The van der Waals surface area contributed by atoms with Gasteiger partial charge >= 0.3 is 0 Å². The lowest BCUT2D eigenvalue weighted by Crippen LogP contribution is -2.34. The standard InChI is InChI=1S/C16H24N4O/c1-11(2)14(15-17-8-10-19(15)5)18-16(21)13-7-6-9-20(13)12(3)4/h6-12,14H,1-5H3,(H,18,21)/t14-/m0/s1. The molecule has 0 aliphatic rings. The van der Waals surface area contributed by atoms with E-state index in [1.54, 1.807) is 6.20 Å². The Labute approximate surface area is 126 Å². The molecule has 21 heavy (non-hydrogen) atoms. The fraction of sp³-hybridized carbons (Fsp3) is 0.500. The van der Waals surface area contributed by atoms with E-state index in [0.717, 1.165) is 5.82 Å². The molecule has 1 atom stereocenters. The highest BCUT2D eigenvalue weighted by Gasteiger charge is 2.24. The first-order valence-corrected chi connectivity index (χ1v) is 7.36. The monoisotopic (exact) mass is 288 g/mol. The molecule has 5 nitrogen and oxygen atoms in total. The lowest BCUT2D eigenvalue weighted by Gasteiger charge is -2.23. The van der Waals surface area contributed by atoms with Crippen LogP contribution in [0.1, 0.15) is 56.1 Å². The Bertz CT molecular complexity index is 609. The molecule has 0 fully saturated rings. The van der Waals surface area contributed by atoms with Crippen LogP contribution in [0.5, 0.6) is 0 Å². The van der Waals surface area contributed by atoms with Gasteiger partial charge in [0, 0.05) is 31.7 Å². The molecular weight excluding hydrogens is 264 g/mol. The van der Waals surface area contributed by atoms with Gasteiger partial charge in [-0.3, -0.25) is 4.79 Å². The van der Waals surface area contributed by atoms with Crippen LogP contribution in [0.15, 0.2) is 30.7 Å². The first kappa shape index (κ1) is 15.4. The average Bonchev–Trinajstić information content (AvgIpc) is 3.03. The Morgan fingerprint density at radius 2 is 1.95 bits per heavy atom. The second-order valence-electron chi connectivity index (χ2n) is 5.99. The van der Waals surface area contributed by atoms with E-state index in [1.807, 2.05) is 40.7 Å². The molecule has 0 spiro atoms. The molecular formula is C16H24N4O. The number of hydrogen-bond acceptors (Lipinski definition) is 2. The topological polar surface area (TPSA) is 51.9 Å². The fourth-order valence-electron chi connectivity index (χ4n) is 2.46. The third kappa shape index (κ3) is 3.17. The molecule has 0 bridgehead atoms. The number of hydrogen-bond donors (Lipinski definition) is 1. The molecule has 5 heteroatoms. The van der Waals surface area contributed by atoms with Gasteiger partial charge in [-0.1, -0.05) is 13.8 Å². The van der Waals surface area contributed by atoms with Crippen LogP contribution in [0, 0.1) is 5.92 Å². The summed E-state index contributed by atoms with van der Waals surface area (Å²) in [7, 11) is 1.95. The molecule has 2 rings (SSSR count). The summed E-state index contributed by atoms with van der Waals surface area (Å²) in [6.07, 6.45) is 5.59. The average molecular weight is 288 g/mol. The largest absolute Gasteiger partial charge is 0.341 e. The van der Waals surface area contributed by atoms with Gasteiger partial charge in [0.2, 0.25) is 0 Å². The van der Waals surface area contributed by atoms with E-state index in [2.05, 4.69) is 38.0 Å². The molecule has 0 aliphatic heterocycles. The smallest absolute Gasteiger partial charge is 0.268 e. The highest BCUT2D eigenvalue weighted by Crippen LogP contribution is 2.21. The minimum atomic E-state index is -0.104. The van der Waals surface area contributed by atoms with Gasteiger partial charge in [-0.25, -0.2) is 4.98 Å². The van der Waals surface area contributed by atoms with Crippen molar-refractivity contribution in [1.82, 2.24) is 19.4 Å². The van der Waals surface area contributed by atoms with Crippen molar-refractivity contribution in [1.29, 1.82) is 0 Å². The number of carbonyl (C=O) groups excluding carboxylic acids is 1. The summed E-state index contributed by atoms with van der Waals surface area (Å²) in [4.78, 5) is 17.0. The molecule has 0 aliphatic carbocycles. The van der Waals surface area contributed by atoms with Crippen molar-refractivity contribution < 1.29 is 4.79 Å². The number of imidazole rings is 1. The zero-order chi connectivity index (χ0) is 15.6. The van der Waals surface area contributed by atoms with Crippen molar-refractivity contribution in [2.45, 2.75) is 39.8 Å². The first-order valence-electron chi connectivity index (χ1n) is 7.36. The van der Waals surface area contributed by atoms with E-state index < -0.39 is 0 Å². The summed E-state index contributed by atoms with van der Waals surface area (Å²) >= 11 is 0. The van der Waals surface area contributed by atoms with Gasteiger partial charge in [0.1, 0.15) is 11.5 Å². The predicted molar refractivity (Wildman–Crippen MR) is 83.1 cm³/mol. The van der Waals surface area contributed by atoms with Crippen LogP contribution in [0.3, 0.4) is 0 Å². The Balaban J connectivity index is 2.23. The normalized spacial score (nSPS) is 12.9. The zero-order valence-corrected chi connectivity index (χ0v) is 13.4. The number of nitrogens with one attached hydrogen (secondary N) is 1. The molecule has 114 valence electrons. The highest BCUT2D eigenvalue weighted by molar-refractivity contribution is 5.93. The Hall–Kier alpha value is -2.04. The number of amides is 1. The van der Waals surface area contributed by atoms with Crippen molar-refractivity contribution in [3.8, 4) is 0 Å². The molecule has 0 saturated heterocycles. The van der Waals surface area contributed by atoms with Crippen molar-refractivity contribution in [3.63, 3.8) is 0 Å². The molecule has 0 saturated carbocycles. The van der Waals surface area contributed by atoms with E-state index >= 15 is 0 Å². The Morgan fingerprint density at radius 1 is 1.24 bits per heavy atom. The molecule has 2 heterocycles. The molecule has 0 aromatic carbocycles. The van der Waals surface area contributed by atoms with E-state index in [0.29, 0.717) is 5.69 Å². The SMILES string of the molecule is CC(C)[C@H](NC(=O)c1cccn1C(C)C)c1nccn1C. The van der Waals surface area contributed by atoms with E-state index in [4.69, 9.17) is 0 Å². The van der Waals surface area contributed by atoms with Crippen molar-refractivity contribution in [3.05, 3.63) is 42.2 Å². The van der Waals surface area contributed by atoms with E-state index in [9.17, 15) is 4.79 Å². The Kier molecular flexibility index (Phi) is 4.50. The second-order valence-corrected chi connectivity index (χ2v) is 5.99. The summed E-state index contributed by atoms with van der Waals surface area (Å²) in [6.45, 7) is 8.30. The number of aromatic nitrogens is 3. The lowest BCUT2D eigenvalue weighted by molar-refractivity contribution is 0.0911.